The van der Waals surface area contributed by atoms with E-state index in [4.69, 9.17) is 0 Å². The largest absolute Gasteiger partial charge is 0.476 e. The molecule has 3 aromatic rings. The Morgan fingerprint density at radius 3 is 2.52 bits per heavy atom. The zero-order valence-electron chi connectivity index (χ0n) is 11.2. The van der Waals surface area contributed by atoms with Crippen LogP contribution in [0.3, 0.4) is 0 Å². The van der Waals surface area contributed by atoms with Gasteiger partial charge in [-0.2, -0.15) is 5.10 Å². The Morgan fingerprint density at radius 1 is 1.30 bits per heavy atom. The molecule has 2 aromatic carbocycles. The molecule has 0 atom stereocenters. The van der Waals surface area contributed by atoms with E-state index in [1.54, 1.807) is 0 Å². The number of carboxylic acid groups (broad SMARTS) is 1. The number of halogens is 2. The molecule has 1 N–H and O–H groups in total. The second kappa shape index (κ2) is 5.43. The molecule has 0 amide bonds. The van der Waals surface area contributed by atoms with Crippen LogP contribution in [-0.4, -0.2) is 25.8 Å². The second-order valence-electron chi connectivity index (χ2n) is 4.62. The average Bonchev–Trinajstić information content (AvgIpc) is 2.85. The number of rotatable bonds is 3. The van der Waals surface area contributed by atoms with E-state index in [9.17, 15) is 24.4 Å². The highest BCUT2D eigenvalue weighted by Gasteiger charge is 2.23. The Kier molecular flexibility index (Phi) is 3.57. The van der Waals surface area contributed by atoms with E-state index in [0.717, 1.165) is 4.68 Å². The summed E-state index contributed by atoms with van der Waals surface area (Å²) in [7, 11) is 0. The topological polar surface area (TPSA) is 98.3 Å². The molecular weight excluding hydrogens is 373 g/mol. The van der Waals surface area contributed by atoms with Crippen LogP contribution < -0.4 is 0 Å². The molecule has 0 aliphatic rings. The minimum Gasteiger partial charge on any atom is -0.476 e. The first kappa shape index (κ1) is 15.1. The monoisotopic (exact) mass is 379 g/mol. The zero-order chi connectivity index (χ0) is 16.7. The van der Waals surface area contributed by atoms with Gasteiger partial charge in [-0.1, -0.05) is 0 Å². The Morgan fingerprint density at radius 2 is 1.96 bits per heavy atom. The molecule has 0 aliphatic heterocycles. The van der Waals surface area contributed by atoms with E-state index in [1.165, 1.54) is 36.4 Å². The number of carboxylic acids is 1. The highest BCUT2D eigenvalue weighted by Crippen LogP contribution is 2.32. The van der Waals surface area contributed by atoms with Crippen LogP contribution in [0, 0.1) is 15.9 Å². The van der Waals surface area contributed by atoms with Crippen LogP contribution in [0.5, 0.6) is 0 Å². The van der Waals surface area contributed by atoms with Gasteiger partial charge in [0.25, 0.3) is 5.69 Å². The zero-order valence-corrected chi connectivity index (χ0v) is 12.8. The van der Waals surface area contributed by atoms with Crippen molar-refractivity contribution in [3.8, 4) is 5.69 Å². The number of nitro benzene ring substituents is 1. The van der Waals surface area contributed by atoms with E-state index in [0.29, 0.717) is 5.69 Å². The normalized spacial score (nSPS) is 10.9. The van der Waals surface area contributed by atoms with E-state index < -0.39 is 16.7 Å². The number of aromatic carboxylic acids is 1. The van der Waals surface area contributed by atoms with Gasteiger partial charge in [-0.25, -0.2) is 13.9 Å². The summed E-state index contributed by atoms with van der Waals surface area (Å²) in [6, 6.07) is 7.61. The third kappa shape index (κ3) is 2.55. The predicted molar refractivity (Wildman–Crippen MR) is 82.3 cm³/mol. The van der Waals surface area contributed by atoms with Gasteiger partial charge in [0.2, 0.25) is 0 Å². The lowest BCUT2D eigenvalue weighted by atomic mass is 10.2. The summed E-state index contributed by atoms with van der Waals surface area (Å²) in [5.74, 6) is -1.72. The van der Waals surface area contributed by atoms with Gasteiger partial charge < -0.3 is 5.11 Å². The number of nitro groups is 1. The maximum atomic E-state index is 13.0. The molecule has 9 heteroatoms. The number of carbonyl (C=O) groups is 1. The number of aromatic nitrogens is 2. The summed E-state index contributed by atoms with van der Waals surface area (Å²) in [5.41, 5.74) is 0.0980. The van der Waals surface area contributed by atoms with Crippen LogP contribution in [0.2, 0.25) is 0 Å². The first-order chi connectivity index (χ1) is 10.9. The Hall–Kier alpha value is -2.81. The van der Waals surface area contributed by atoms with Crippen LogP contribution in [0.15, 0.2) is 40.9 Å². The van der Waals surface area contributed by atoms with Crippen molar-refractivity contribution in [1.29, 1.82) is 0 Å². The standard InChI is InChI=1S/C14H7BrFN3O4/c15-10-5-9-11(6-12(10)19(22)23)17-18(13(9)14(20)21)8-3-1-7(16)2-4-8/h1-6H,(H,20,21). The first-order valence-corrected chi connectivity index (χ1v) is 7.03. The molecule has 0 aliphatic carbocycles. The molecule has 3 rings (SSSR count). The summed E-state index contributed by atoms with van der Waals surface area (Å²) >= 11 is 3.06. The fourth-order valence-electron chi connectivity index (χ4n) is 2.21. The molecule has 7 nitrogen and oxygen atoms in total. The van der Waals surface area contributed by atoms with E-state index in [-0.39, 0.29) is 26.8 Å². The average molecular weight is 380 g/mol. The quantitative estimate of drug-likeness (QED) is 0.554. The van der Waals surface area contributed by atoms with E-state index in [2.05, 4.69) is 21.0 Å². The van der Waals surface area contributed by atoms with Crippen LogP contribution in [0.4, 0.5) is 10.1 Å². The van der Waals surface area contributed by atoms with Gasteiger partial charge >= 0.3 is 5.97 Å². The Bertz CT molecular complexity index is 953. The van der Waals surface area contributed by atoms with Crippen LogP contribution in [-0.2, 0) is 0 Å². The number of hydrogen-bond donors (Lipinski definition) is 1. The maximum absolute atomic E-state index is 13.0. The van der Waals surface area contributed by atoms with Gasteiger partial charge in [-0.15, -0.1) is 0 Å². The minimum absolute atomic E-state index is 0.149. The number of benzene rings is 2. The highest BCUT2D eigenvalue weighted by molar-refractivity contribution is 9.10. The SMILES string of the molecule is O=C(O)c1c2cc(Br)c([N+](=O)[O-])cc2nn1-c1ccc(F)cc1. The molecule has 0 bridgehead atoms. The fraction of sp³-hybridized carbons (Fsp3) is 0. The van der Waals surface area contributed by atoms with Crippen molar-refractivity contribution in [3.63, 3.8) is 0 Å². The molecule has 116 valence electrons. The van der Waals surface area contributed by atoms with Gasteiger partial charge in [0.1, 0.15) is 11.3 Å². The molecule has 0 radical (unpaired) electrons. The summed E-state index contributed by atoms with van der Waals surface area (Å²) in [6.07, 6.45) is 0. The molecule has 0 saturated heterocycles. The maximum Gasteiger partial charge on any atom is 0.355 e. The Balaban J connectivity index is 2.33. The van der Waals surface area contributed by atoms with Gasteiger partial charge in [-0.3, -0.25) is 10.1 Å². The third-order valence-corrected chi connectivity index (χ3v) is 3.85. The van der Waals surface area contributed by atoms with Crippen molar-refractivity contribution >= 4 is 38.5 Å². The van der Waals surface area contributed by atoms with Gasteiger partial charge in [0.15, 0.2) is 5.69 Å². The van der Waals surface area contributed by atoms with Crippen LogP contribution in [0.1, 0.15) is 10.5 Å². The lowest BCUT2D eigenvalue weighted by Crippen LogP contribution is -2.08. The number of fused-ring (bicyclic) bond motifs is 1. The minimum atomic E-state index is -1.25. The summed E-state index contributed by atoms with van der Waals surface area (Å²) < 4.78 is 14.3. The molecule has 23 heavy (non-hydrogen) atoms. The summed E-state index contributed by atoms with van der Waals surface area (Å²) in [6.45, 7) is 0. The van der Waals surface area contributed by atoms with Crippen molar-refractivity contribution in [2.45, 2.75) is 0 Å². The molecular formula is C14H7BrFN3O4. The summed E-state index contributed by atoms with van der Waals surface area (Å²) in [5, 5.41) is 24.8. The number of hydrogen-bond acceptors (Lipinski definition) is 4. The van der Waals surface area contributed by atoms with Gasteiger partial charge in [0, 0.05) is 11.5 Å². The smallest absolute Gasteiger partial charge is 0.355 e. The lowest BCUT2D eigenvalue weighted by molar-refractivity contribution is -0.385. The Labute approximate surface area is 136 Å². The molecule has 1 aromatic heterocycles. The molecule has 1 heterocycles. The highest BCUT2D eigenvalue weighted by atomic mass is 79.9. The van der Waals surface area contributed by atoms with Crippen molar-refractivity contribution in [3.05, 3.63) is 62.5 Å². The molecule has 0 unspecified atom stereocenters. The predicted octanol–water partition coefficient (Wildman–Crippen LogP) is 3.53. The first-order valence-electron chi connectivity index (χ1n) is 6.24. The molecule has 0 spiro atoms. The van der Waals surface area contributed by atoms with Crippen molar-refractivity contribution in [1.82, 2.24) is 9.78 Å². The molecule has 0 fully saturated rings. The lowest BCUT2D eigenvalue weighted by Gasteiger charge is -2.04. The van der Waals surface area contributed by atoms with Crippen molar-refractivity contribution in [2.75, 3.05) is 0 Å². The van der Waals surface area contributed by atoms with Crippen molar-refractivity contribution in [2.24, 2.45) is 0 Å². The van der Waals surface area contributed by atoms with Crippen molar-refractivity contribution < 1.29 is 19.2 Å². The third-order valence-electron chi connectivity index (χ3n) is 3.21. The van der Waals surface area contributed by atoms with E-state index in [1.807, 2.05) is 0 Å². The van der Waals surface area contributed by atoms with E-state index >= 15 is 0 Å². The fourth-order valence-corrected chi connectivity index (χ4v) is 2.70. The number of nitrogens with zero attached hydrogens (tertiary/aromatic N) is 3. The van der Waals surface area contributed by atoms with Gasteiger partial charge in [-0.05, 0) is 46.3 Å². The van der Waals surface area contributed by atoms with Gasteiger partial charge in [0.05, 0.1) is 15.1 Å². The molecule has 0 saturated carbocycles. The summed E-state index contributed by atoms with van der Waals surface area (Å²) in [4.78, 5) is 22.0. The second-order valence-corrected chi connectivity index (χ2v) is 5.47. The van der Waals surface area contributed by atoms with Crippen LogP contribution >= 0.6 is 15.9 Å². The van der Waals surface area contributed by atoms with Crippen LogP contribution in [0.25, 0.3) is 16.6 Å².